The lowest BCUT2D eigenvalue weighted by Gasteiger charge is -2.08. The van der Waals surface area contributed by atoms with E-state index in [4.69, 9.17) is 0 Å². The van der Waals surface area contributed by atoms with Crippen LogP contribution in [-0.2, 0) is 16.4 Å². The van der Waals surface area contributed by atoms with E-state index >= 15 is 0 Å². The predicted molar refractivity (Wildman–Crippen MR) is 86.2 cm³/mol. The lowest BCUT2D eigenvalue weighted by molar-refractivity contribution is 0.581. The summed E-state index contributed by atoms with van der Waals surface area (Å²) in [5.74, 6) is 0. The second-order valence-electron chi connectivity index (χ2n) is 4.52. The smallest absolute Gasteiger partial charge is 0.240 e. The van der Waals surface area contributed by atoms with E-state index in [-0.39, 0.29) is 0 Å². The molecule has 0 aliphatic carbocycles. The number of nitrogens with zero attached hydrogens (tertiary/aromatic N) is 1. The molecule has 21 heavy (non-hydrogen) atoms. The summed E-state index contributed by atoms with van der Waals surface area (Å²) in [6.07, 6.45) is 3.42. The van der Waals surface area contributed by atoms with Gasteiger partial charge < -0.3 is 5.32 Å². The second kappa shape index (κ2) is 7.53. The number of benzene rings is 1. The van der Waals surface area contributed by atoms with Gasteiger partial charge in [0, 0.05) is 36.8 Å². The standard InChI is InChI=1S/C14H19N3O2S2/c1-2-8-17-21(18,19)13-5-3-12(4-6-13)15-9-7-14-16-10-11-20-14/h3-6,10-11,15,17H,2,7-9H2,1H3. The molecule has 0 fully saturated rings. The van der Waals surface area contributed by atoms with Crippen LogP contribution in [0.15, 0.2) is 40.7 Å². The Morgan fingerprint density at radius 1 is 1.19 bits per heavy atom. The van der Waals surface area contributed by atoms with E-state index in [9.17, 15) is 8.42 Å². The van der Waals surface area contributed by atoms with Crippen molar-refractivity contribution in [2.24, 2.45) is 0 Å². The van der Waals surface area contributed by atoms with Gasteiger partial charge in [0.25, 0.3) is 0 Å². The van der Waals surface area contributed by atoms with Crippen LogP contribution in [0.5, 0.6) is 0 Å². The van der Waals surface area contributed by atoms with Crippen molar-refractivity contribution in [2.45, 2.75) is 24.7 Å². The molecule has 1 aromatic heterocycles. The third-order valence-electron chi connectivity index (χ3n) is 2.86. The molecule has 1 aromatic carbocycles. The Balaban J connectivity index is 1.89. The lowest BCUT2D eigenvalue weighted by Crippen LogP contribution is -2.24. The van der Waals surface area contributed by atoms with Crippen LogP contribution in [0, 0.1) is 0 Å². The van der Waals surface area contributed by atoms with Crippen molar-refractivity contribution in [1.82, 2.24) is 9.71 Å². The van der Waals surface area contributed by atoms with Crippen molar-refractivity contribution in [1.29, 1.82) is 0 Å². The van der Waals surface area contributed by atoms with Gasteiger partial charge in [-0.15, -0.1) is 11.3 Å². The highest BCUT2D eigenvalue weighted by atomic mass is 32.2. The molecule has 0 aliphatic heterocycles. The van der Waals surface area contributed by atoms with E-state index in [0.717, 1.165) is 30.1 Å². The maximum Gasteiger partial charge on any atom is 0.240 e. The summed E-state index contributed by atoms with van der Waals surface area (Å²) in [6, 6.07) is 6.79. The number of hydrogen-bond acceptors (Lipinski definition) is 5. The normalized spacial score (nSPS) is 11.5. The van der Waals surface area contributed by atoms with Gasteiger partial charge in [-0.3, -0.25) is 0 Å². The van der Waals surface area contributed by atoms with Crippen molar-refractivity contribution in [3.05, 3.63) is 40.8 Å². The average Bonchev–Trinajstić information content (AvgIpc) is 2.99. The summed E-state index contributed by atoms with van der Waals surface area (Å²) in [6.45, 7) is 3.15. The van der Waals surface area contributed by atoms with E-state index in [1.165, 1.54) is 0 Å². The fourth-order valence-corrected chi connectivity index (χ4v) is 3.52. The highest BCUT2D eigenvalue weighted by Gasteiger charge is 2.12. The molecule has 0 saturated carbocycles. The lowest BCUT2D eigenvalue weighted by atomic mass is 10.3. The van der Waals surface area contributed by atoms with Crippen molar-refractivity contribution in [3.8, 4) is 0 Å². The molecule has 7 heteroatoms. The minimum absolute atomic E-state index is 0.293. The second-order valence-corrected chi connectivity index (χ2v) is 7.27. The van der Waals surface area contributed by atoms with Crippen LogP contribution in [0.25, 0.3) is 0 Å². The molecule has 0 saturated heterocycles. The monoisotopic (exact) mass is 325 g/mol. The SMILES string of the molecule is CCCNS(=O)(=O)c1ccc(NCCc2nccs2)cc1. The van der Waals surface area contributed by atoms with Gasteiger partial charge >= 0.3 is 0 Å². The van der Waals surface area contributed by atoms with Crippen LogP contribution in [-0.4, -0.2) is 26.5 Å². The maximum atomic E-state index is 11.9. The summed E-state index contributed by atoms with van der Waals surface area (Å²) in [5, 5.41) is 6.30. The summed E-state index contributed by atoms with van der Waals surface area (Å²) in [4.78, 5) is 4.51. The Hall–Kier alpha value is -1.44. The van der Waals surface area contributed by atoms with Crippen molar-refractivity contribution >= 4 is 27.0 Å². The average molecular weight is 325 g/mol. The number of aromatic nitrogens is 1. The van der Waals surface area contributed by atoms with Gasteiger partial charge in [0.2, 0.25) is 10.0 Å². The summed E-state index contributed by atoms with van der Waals surface area (Å²) in [7, 11) is -3.38. The van der Waals surface area contributed by atoms with Gasteiger partial charge in [-0.25, -0.2) is 18.1 Å². The first-order valence-electron chi connectivity index (χ1n) is 6.84. The highest BCUT2D eigenvalue weighted by Crippen LogP contribution is 2.14. The van der Waals surface area contributed by atoms with Crippen LogP contribution in [0.2, 0.25) is 0 Å². The Morgan fingerprint density at radius 3 is 2.57 bits per heavy atom. The molecule has 2 rings (SSSR count). The zero-order chi connectivity index (χ0) is 15.1. The van der Waals surface area contributed by atoms with E-state index in [1.54, 1.807) is 41.8 Å². The summed E-state index contributed by atoms with van der Waals surface area (Å²) in [5.41, 5.74) is 0.904. The molecule has 2 N–H and O–H groups in total. The first-order chi connectivity index (χ1) is 10.1. The van der Waals surface area contributed by atoms with E-state index in [0.29, 0.717) is 11.4 Å². The zero-order valence-electron chi connectivity index (χ0n) is 11.9. The van der Waals surface area contributed by atoms with Crippen LogP contribution in [0.3, 0.4) is 0 Å². The van der Waals surface area contributed by atoms with Crippen molar-refractivity contribution in [3.63, 3.8) is 0 Å². The molecule has 0 radical (unpaired) electrons. The minimum atomic E-state index is -3.38. The third-order valence-corrected chi connectivity index (χ3v) is 5.17. The van der Waals surface area contributed by atoms with Gasteiger partial charge in [0.05, 0.1) is 9.90 Å². The van der Waals surface area contributed by atoms with Gasteiger partial charge in [0.1, 0.15) is 0 Å². The maximum absolute atomic E-state index is 11.9. The fourth-order valence-electron chi connectivity index (χ4n) is 1.76. The van der Waals surface area contributed by atoms with Crippen LogP contribution >= 0.6 is 11.3 Å². The van der Waals surface area contributed by atoms with Crippen LogP contribution in [0.4, 0.5) is 5.69 Å². The summed E-state index contributed by atoms with van der Waals surface area (Å²) < 4.78 is 26.4. The molecule has 0 spiro atoms. The number of thiazole rings is 1. The predicted octanol–water partition coefficient (Wildman–Crippen LogP) is 2.49. The highest BCUT2D eigenvalue weighted by molar-refractivity contribution is 7.89. The fraction of sp³-hybridized carbons (Fsp3) is 0.357. The van der Waals surface area contributed by atoms with Crippen molar-refractivity contribution < 1.29 is 8.42 Å². The van der Waals surface area contributed by atoms with E-state index in [2.05, 4.69) is 15.0 Å². The van der Waals surface area contributed by atoms with E-state index < -0.39 is 10.0 Å². The number of nitrogens with one attached hydrogen (secondary N) is 2. The van der Waals surface area contributed by atoms with Gasteiger partial charge in [-0.2, -0.15) is 0 Å². The topological polar surface area (TPSA) is 71.1 Å². The van der Waals surface area contributed by atoms with Crippen LogP contribution in [0.1, 0.15) is 18.4 Å². The Kier molecular flexibility index (Phi) is 5.72. The number of sulfonamides is 1. The van der Waals surface area contributed by atoms with Crippen LogP contribution < -0.4 is 10.0 Å². The van der Waals surface area contributed by atoms with Crippen molar-refractivity contribution in [2.75, 3.05) is 18.4 Å². The van der Waals surface area contributed by atoms with Gasteiger partial charge in [-0.1, -0.05) is 6.92 Å². The molecule has 114 valence electrons. The number of hydrogen-bond donors (Lipinski definition) is 2. The summed E-state index contributed by atoms with van der Waals surface area (Å²) >= 11 is 1.63. The molecule has 0 aliphatic rings. The molecule has 5 nitrogen and oxygen atoms in total. The molecule has 0 unspecified atom stereocenters. The molecule has 0 atom stereocenters. The molecule has 0 amide bonds. The molecular formula is C14H19N3O2S2. The first-order valence-corrected chi connectivity index (χ1v) is 9.20. The van der Waals surface area contributed by atoms with Gasteiger partial charge in [0.15, 0.2) is 0 Å². The Morgan fingerprint density at radius 2 is 1.95 bits per heavy atom. The number of anilines is 1. The molecule has 0 bridgehead atoms. The molecular weight excluding hydrogens is 306 g/mol. The first kappa shape index (κ1) is 15.9. The minimum Gasteiger partial charge on any atom is -0.385 e. The van der Waals surface area contributed by atoms with E-state index in [1.807, 2.05) is 12.3 Å². The molecule has 1 heterocycles. The van der Waals surface area contributed by atoms with Gasteiger partial charge in [-0.05, 0) is 30.7 Å². The number of rotatable bonds is 8. The Labute approximate surface area is 129 Å². The Bertz CT molecular complexity index is 637. The zero-order valence-corrected chi connectivity index (χ0v) is 13.5. The largest absolute Gasteiger partial charge is 0.385 e. The third kappa shape index (κ3) is 4.80. The quantitative estimate of drug-likeness (QED) is 0.782. The molecule has 2 aromatic rings.